The molecule has 0 aliphatic carbocycles. The summed E-state index contributed by atoms with van der Waals surface area (Å²) >= 11 is 1.33. The van der Waals surface area contributed by atoms with E-state index in [1.807, 2.05) is 77.2 Å². The van der Waals surface area contributed by atoms with Gasteiger partial charge >= 0.3 is 0 Å². The summed E-state index contributed by atoms with van der Waals surface area (Å²) in [4.78, 5) is 46.3. The summed E-state index contributed by atoms with van der Waals surface area (Å²) in [6.45, 7) is 0. The van der Waals surface area contributed by atoms with Crippen LogP contribution in [0.4, 0.5) is 5.69 Å². The summed E-state index contributed by atoms with van der Waals surface area (Å²) in [7, 11) is 3.04. The molecule has 3 aromatic carbocycles. The highest BCUT2D eigenvalue weighted by atomic mass is 32.1. The Balaban J connectivity index is 1.53. The van der Waals surface area contributed by atoms with E-state index in [2.05, 4.69) is 5.32 Å². The molecule has 8 heteroatoms. The summed E-state index contributed by atoms with van der Waals surface area (Å²) < 4.78 is 10.9. The zero-order valence-corrected chi connectivity index (χ0v) is 23.2. The fraction of sp³-hybridized carbons (Fsp3) is 0.182. The normalized spacial score (nSPS) is 23.5. The number of ether oxygens (including phenoxy) is 2. The topological polar surface area (TPSA) is 84.9 Å². The first-order valence-electron chi connectivity index (χ1n) is 13.3. The van der Waals surface area contributed by atoms with Gasteiger partial charge in [-0.15, -0.1) is 11.3 Å². The van der Waals surface area contributed by atoms with Crippen molar-refractivity contribution in [3.8, 4) is 11.5 Å². The third-order valence-corrected chi connectivity index (χ3v) is 9.44. The molecule has 1 spiro atoms. The maximum Gasteiger partial charge on any atom is 0.238 e. The molecule has 1 aromatic heterocycles. The van der Waals surface area contributed by atoms with Crippen molar-refractivity contribution in [2.24, 2.45) is 5.92 Å². The first-order chi connectivity index (χ1) is 20.0. The Kier molecular flexibility index (Phi) is 5.83. The number of thiophene rings is 1. The Bertz CT molecular complexity index is 1750. The Labute approximate surface area is 241 Å². The number of Topliss-reactive ketones (excluding diaryl/α,β-unsaturated/α-hetero) is 2. The van der Waals surface area contributed by atoms with Crippen molar-refractivity contribution in [2.45, 2.75) is 17.5 Å². The Morgan fingerprint density at radius 1 is 0.902 bits per heavy atom. The average molecular weight is 563 g/mol. The van der Waals surface area contributed by atoms with Crippen LogP contribution in [0, 0.1) is 5.92 Å². The van der Waals surface area contributed by atoms with Crippen LogP contribution in [-0.2, 0) is 10.2 Å². The second kappa shape index (κ2) is 9.45. The molecule has 0 saturated carbocycles. The van der Waals surface area contributed by atoms with Gasteiger partial charge < -0.3 is 19.7 Å². The van der Waals surface area contributed by atoms with Gasteiger partial charge in [-0.1, -0.05) is 48.5 Å². The summed E-state index contributed by atoms with van der Waals surface area (Å²) in [5.74, 6) is -0.964. The van der Waals surface area contributed by atoms with Gasteiger partial charge in [0.2, 0.25) is 5.91 Å². The molecular weight excluding hydrogens is 536 g/mol. The van der Waals surface area contributed by atoms with Crippen LogP contribution in [0.25, 0.3) is 6.08 Å². The van der Waals surface area contributed by atoms with E-state index >= 15 is 0 Å². The third-order valence-electron chi connectivity index (χ3n) is 8.55. The molecule has 204 valence electrons. The smallest absolute Gasteiger partial charge is 0.238 e. The molecule has 1 saturated heterocycles. The zero-order valence-electron chi connectivity index (χ0n) is 22.4. The van der Waals surface area contributed by atoms with Crippen molar-refractivity contribution in [1.29, 1.82) is 0 Å². The third kappa shape index (κ3) is 3.47. The highest BCUT2D eigenvalue weighted by Gasteiger charge is 2.70. The molecular formula is C33H26N2O5S. The number of rotatable bonds is 6. The number of nitrogens with zero attached hydrogens (tertiary/aromatic N) is 1. The van der Waals surface area contributed by atoms with E-state index in [0.717, 1.165) is 11.1 Å². The van der Waals surface area contributed by atoms with Gasteiger partial charge in [-0.05, 0) is 58.5 Å². The van der Waals surface area contributed by atoms with Crippen LogP contribution >= 0.6 is 11.3 Å². The molecule has 0 unspecified atom stereocenters. The number of anilines is 1. The average Bonchev–Trinajstić information content (AvgIpc) is 3.73. The van der Waals surface area contributed by atoms with Gasteiger partial charge in [-0.3, -0.25) is 14.4 Å². The first-order valence-corrected chi connectivity index (χ1v) is 14.2. The van der Waals surface area contributed by atoms with Gasteiger partial charge in [0.1, 0.15) is 11.5 Å². The number of benzene rings is 3. The van der Waals surface area contributed by atoms with E-state index in [-0.39, 0.29) is 17.5 Å². The lowest BCUT2D eigenvalue weighted by atomic mass is 9.62. The van der Waals surface area contributed by atoms with E-state index < -0.39 is 23.4 Å². The maximum absolute atomic E-state index is 14.9. The maximum atomic E-state index is 14.9. The van der Waals surface area contributed by atoms with Gasteiger partial charge in [0.05, 0.1) is 31.1 Å². The monoisotopic (exact) mass is 562 g/mol. The molecule has 7 rings (SSSR count). The summed E-state index contributed by atoms with van der Waals surface area (Å²) in [6, 6.07) is 22.4. The molecule has 7 nitrogen and oxygen atoms in total. The Morgan fingerprint density at radius 3 is 2.46 bits per heavy atom. The van der Waals surface area contributed by atoms with Crippen LogP contribution in [0.15, 0.2) is 90.4 Å². The van der Waals surface area contributed by atoms with Crippen LogP contribution in [0.2, 0.25) is 0 Å². The van der Waals surface area contributed by atoms with Crippen LogP contribution in [0.5, 0.6) is 11.5 Å². The van der Waals surface area contributed by atoms with E-state index in [1.165, 1.54) is 25.6 Å². The van der Waals surface area contributed by atoms with Crippen LogP contribution in [0.1, 0.15) is 42.8 Å². The number of carbonyl (C=O) groups excluding carboxylic acids is 3. The van der Waals surface area contributed by atoms with Crippen LogP contribution in [-0.4, -0.2) is 42.6 Å². The number of methoxy groups -OCH3 is 2. The lowest BCUT2D eigenvalue weighted by Crippen LogP contribution is -2.49. The van der Waals surface area contributed by atoms with E-state index in [4.69, 9.17) is 9.47 Å². The van der Waals surface area contributed by atoms with Crippen molar-refractivity contribution in [3.05, 3.63) is 118 Å². The molecule has 3 aliphatic rings. The fourth-order valence-electron chi connectivity index (χ4n) is 6.90. The highest BCUT2D eigenvalue weighted by molar-refractivity contribution is 7.12. The van der Waals surface area contributed by atoms with Crippen LogP contribution in [0.3, 0.4) is 0 Å². The largest absolute Gasteiger partial charge is 0.493 e. The number of nitrogens with one attached hydrogen (secondary N) is 1. The minimum absolute atomic E-state index is 0.193. The standard InChI is InChI=1S/C33H26N2O5S/c1-39-24-14-13-20(18-25(24)40-2)29(36)27-28(30(37)26-12-7-17-41-26)35-16-15-19-8-3-4-9-21(19)31(35)33(27)22-10-5-6-11-23(22)34-32(33)38/h3-18,27-28,31H,1-2H3,(H,34,38)/t27-,28+,31+,33+/m0/s1. The predicted molar refractivity (Wildman–Crippen MR) is 157 cm³/mol. The van der Waals surface area contributed by atoms with Gasteiger partial charge in [-0.2, -0.15) is 0 Å². The van der Waals surface area contributed by atoms with Gasteiger partial charge in [0.15, 0.2) is 23.1 Å². The minimum Gasteiger partial charge on any atom is -0.493 e. The molecule has 4 heterocycles. The molecule has 4 aromatic rings. The second-order valence-corrected chi connectivity index (χ2v) is 11.3. The van der Waals surface area contributed by atoms with E-state index in [9.17, 15) is 14.4 Å². The van der Waals surface area contributed by atoms with Crippen molar-refractivity contribution < 1.29 is 23.9 Å². The molecule has 1 fully saturated rings. The molecule has 41 heavy (non-hydrogen) atoms. The lowest BCUT2D eigenvalue weighted by Gasteiger charge is -2.38. The SMILES string of the molecule is COc1ccc(C(=O)[C@@H]2[C@H](C(=O)c3cccs3)N3C=Cc4ccccc4[C@@H]3[C@]23C(=O)Nc2ccccc23)cc1OC. The van der Waals surface area contributed by atoms with Crippen molar-refractivity contribution in [3.63, 3.8) is 0 Å². The predicted octanol–water partition coefficient (Wildman–Crippen LogP) is 5.75. The van der Waals surface area contributed by atoms with Crippen molar-refractivity contribution >= 4 is 40.6 Å². The molecule has 1 amide bonds. The molecule has 0 radical (unpaired) electrons. The summed E-state index contributed by atoms with van der Waals surface area (Å²) in [5.41, 5.74) is 2.18. The van der Waals surface area contributed by atoms with Gasteiger partial charge in [-0.25, -0.2) is 0 Å². The van der Waals surface area contributed by atoms with E-state index in [1.54, 1.807) is 24.3 Å². The first kappa shape index (κ1) is 25.3. The Morgan fingerprint density at radius 2 is 1.68 bits per heavy atom. The zero-order chi connectivity index (χ0) is 28.3. The van der Waals surface area contributed by atoms with Gasteiger partial charge in [0.25, 0.3) is 0 Å². The van der Waals surface area contributed by atoms with Crippen molar-refractivity contribution in [2.75, 3.05) is 19.5 Å². The molecule has 0 bridgehead atoms. The van der Waals surface area contributed by atoms with Crippen molar-refractivity contribution in [1.82, 2.24) is 4.90 Å². The molecule has 3 aliphatic heterocycles. The highest BCUT2D eigenvalue weighted by Crippen LogP contribution is 2.62. The molecule has 1 N–H and O–H groups in total. The number of amides is 1. The summed E-state index contributed by atoms with van der Waals surface area (Å²) in [5, 5.41) is 4.92. The summed E-state index contributed by atoms with van der Waals surface area (Å²) in [6.07, 6.45) is 3.83. The molecule has 4 atom stereocenters. The van der Waals surface area contributed by atoms with Crippen LogP contribution < -0.4 is 14.8 Å². The number of ketones is 2. The fourth-order valence-corrected chi connectivity index (χ4v) is 7.60. The number of carbonyl (C=O) groups is 3. The quantitative estimate of drug-likeness (QED) is 0.302. The Hall–Kier alpha value is -4.69. The van der Waals surface area contributed by atoms with E-state index in [0.29, 0.717) is 33.2 Å². The number of fused-ring (bicyclic) bond motifs is 6. The second-order valence-electron chi connectivity index (χ2n) is 10.4. The lowest BCUT2D eigenvalue weighted by molar-refractivity contribution is -0.122. The minimum atomic E-state index is -1.38. The van der Waals surface area contributed by atoms with Gasteiger partial charge in [0, 0.05) is 17.5 Å². The number of hydrogen-bond donors (Lipinski definition) is 1. The number of para-hydroxylation sites is 1. The number of hydrogen-bond acceptors (Lipinski definition) is 7.